The van der Waals surface area contributed by atoms with Crippen molar-refractivity contribution in [1.82, 2.24) is 19.9 Å². The number of rotatable bonds is 4. The Balaban J connectivity index is 1.39. The number of aromatic nitrogens is 3. The van der Waals surface area contributed by atoms with E-state index >= 15 is 0 Å². The van der Waals surface area contributed by atoms with Crippen molar-refractivity contribution >= 4 is 11.6 Å². The van der Waals surface area contributed by atoms with Crippen LogP contribution in [0.4, 0.5) is 13.2 Å². The summed E-state index contributed by atoms with van der Waals surface area (Å²) in [6.45, 7) is 4.12. The average molecular weight is 483 g/mol. The minimum Gasteiger partial charge on any atom is -0.346 e. The van der Waals surface area contributed by atoms with Crippen molar-refractivity contribution in [3.05, 3.63) is 53.3 Å². The van der Waals surface area contributed by atoms with E-state index in [1.807, 2.05) is 12.1 Å². The molecule has 0 atom stereocenters. The lowest BCUT2D eigenvalue weighted by Crippen LogP contribution is -2.59. The zero-order valence-electron chi connectivity index (χ0n) is 19.9. The zero-order valence-corrected chi connectivity index (χ0v) is 19.9. The predicted molar refractivity (Wildman–Crippen MR) is 126 cm³/mol. The number of nitrogens with zero attached hydrogens (tertiary/aromatic N) is 3. The second kappa shape index (κ2) is 7.80. The highest BCUT2D eigenvalue weighted by Gasteiger charge is 2.51. The largest absolute Gasteiger partial charge is 0.433 e. The van der Waals surface area contributed by atoms with Crippen molar-refractivity contribution in [3.8, 4) is 11.3 Å². The molecule has 4 aliphatic rings. The minimum absolute atomic E-state index is 0.0648. The smallest absolute Gasteiger partial charge is 0.346 e. The Hall–Kier alpha value is -2.90. The molecular weight excluding hydrogens is 453 g/mol. The van der Waals surface area contributed by atoms with Crippen LogP contribution in [0.1, 0.15) is 79.9 Å². The van der Waals surface area contributed by atoms with E-state index in [0.717, 1.165) is 35.4 Å². The van der Waals surface area contributed by atoms with Gasteiger partial charge in [-0.15, -0.1) is 0 Å². The summed E-state index contributed by atoms with van der Waals surface area (Å²) in [7, 11) is 0. The lowest BCUT2D eigenvalue weighted by molar-refractivity contribution is -0.142. The van der Waals surface area contributed by atoms with Crippen LogP contribution >= 0.6 is 0 Å². The van der Waals surface area contributed by atoms with Crippen molar-refractivity contribution in [1.29, 1.82) is 0 Å². The van der Waals surface area contributed by atoms with Crippen LogP contribution in [0.25, 0.3) is 16.9 Å². The Bertz CT molecular complexity index is 1260. The van der Waals surface area contributed by atoms with Gasteiger partial charge in [0.1, 0.15) is 5.56 Å². The third-order valence-electron chi connectivity index (χ3n) is 8.30. The second-order valence-electron chi connectivity index (χ2n) is 11.2. The average Bonchev–Trinajstić information content (AvgIpc) is 3.20. The number of benzene rings is 1. The molecular formula is C27H29F3N4O. The highest BCUT2D eigenvalue weighted by atomic mass is 19.4. The van der Waals surface area contributed by atoms with Crippen molar-refractivity contribution in [2.24, 2.45) is 17.8 Å². The van der Waals surface area contributed by atoms with Gasteiger partial charge in [0.25, 0.3) is 5.91 Å². The number of carbonyl (C=O) groups excluding carboxylic acids is 1. The Morgan fingerprint density at radius 2 is 1.66 bits per heavy atom. The van der Waals surface area contributed by atoms with Gasteiger partial charge < -0.3 is 5.32 Å². The summed E-state index contributed by atoms with van der Waals surface area (Å²) < 4.78 is 42.7. The zero-order chi connectivity index (χ0) is 24.5. The SMILES string of the molecule is CC(C)c1ccc(-c2cc(C(F)(F)F)n3ncc(C(=O)NC45CC6CC(CC(C6)C4)C5)c3n2)cc1. The fourth-order valence-electron chi connectivity index (χ4n) is 7.08. The summed E-state index contributed by atoms with van der Waals surface area (Å²) in [5.74, 6) is 1.84. The van der Waals surface area contributed by atoms with E-state index in [2.05, 4.69) is 29.2 Å². The maximum Gasteiger partial charge on any atom is 0.433 e. The van der Waals surface area contributed by atoms with E-state index in [0.29, 0.717) is 29.2 Å². The van der Waals surface area contributed by atoms with Crippen LogP contribution in [-0.2, 0) is 6.18 Å². The molecule has 4 bridgehead atoms. The molecule has 7 rings (SSSR count). The van der Waals surface area contributed by atoms with Crippen molar-refractivity contribution in [3.63, 3.8) is 0 Å². The molecule has 5 nitrogen and oxygen atoms in total. The summed E-state index contributed by atoms with van der Waals surface area (Å²) >= 11 is 0. The van der Waals surface area contributed by atoms with E-state index in [-0.39, 0.29) is 28.4 Å². The Labute approximate surface area is 202 Å². The molecule has 1 aromatic carbocycles. The molecule has 4 fully saturated rings. The van der Waals surface area contributed by atoms with E-state index in [1.54, 1.807) is 12.1 Å². The molecule has 1 amide bonds. The number of nitrogens with one attached hydrogen (secondary N) is 1. The molecule has 35 heavy (non-hydrogen) atoms. The number of hydrogen-bond donors (Lipinski definition) is 1. The molecule has 4 saturated carbocycles. The van der Waals surface area contributed by atoms with E-state index in [4.69, 9.17) is 0 Å². The van der Waals surface area contributed by atoms with Crippen molar-refractivity contribution < 1.29 is 18.0 Å². The molecule has 0 unspecified atom stereocenters. The van der Waals surface area contributed by atoms with Gasteiger partial charge in [0.2, 0.25) is 0 Å². The molecule has 4 aliphatic carbocycles. The predicted octanol–water partition coefficient (Wildman–Crippen LogP) is 6.24. The van der Waals surface area contributed by atoms with Gasteiger partial charge >= 0.3 is 6.18 Å². The van der Waals surface area contributed by atoms with Gasteiger partial charge in [0, 0.05) is 11.1 Å². The third-order valence-corrected chi connectivity index (χ3v) is 8.30. The van der Waals surface area contributed by atoms with Gasteiger partial charge in [0.05, 0.1) is 11.9 Å². The highest BCUT2D eigenvalue weighted by molar-refractivity contribution is 6.00. The fourth-order valence-corrected chi connectivity index (χ4v) is 7.08. The number of amides is 1. The molecule has 8 heteroatoms. The molecule has 0 aliphatic heterocycles. The second-order valence-corrected chi connectivity index (χ2v) is 11.2. The summed E-state index contributed by atoms with van der Waals surface area (Å²) in [5, 5.41) is 7.19. The molecule has 1 N–H and O–H groups in total. The van der Waals surface area contributed by atoms with Crippen LogP contribution in [0.5, 0.6) is 0 Å². The standard InChI is InChI=1S/C27H29F3N4O/c1-15(2)19-3-5-20(6-4-19)22-10-23(27(28,29)30)34-24(32-22)21(14-31-34)25(35)33-26-11-16-7-17(12-26)9-18(8-16)13-26/h3-6,10,14-18H,7-9,11-13H2,1-2H3,(H,33,35). The molecule has 0 saturated heterocycles. The fraction of sp³-hybridized carbons (Fsp3) is 0.519. The summed E-state index contributed by atoms with van der Waals surface area (Å²) in [4.78, 5) is 18.0. The first-order valence-corrected chi connectivity index (χ1v) is 12.5. The first-order chi connectivity index (χ1) is 16.6. The first-order valence-electron chi connectivity index (χ1n) is 12.5. The summed E-state index contributed by atoms with van der Waals surface area (Å²) in [5.41, 5.74) is 0.652. The first kappa shape index (κ1) is 22.6. The Kier molecular flexibility index (Phi) is 5.03. The Morgan fingerprint density at radius 3 is 2.20 bits per heavy atom. The topological polar surface area (TPSA) is 59.3 Å². The van der Waals surface area contributed by atoms with Gasteiger partial charge in [-0.1, -0.05) is 38.1 Å². The quantitative estimate of drug-likeness (QED) is 0.479. The molecule has 3 aromatic rings. The number of carbonyl (C=O) groups is 1. The van der Waals surface area contributed by atoms with Crippen LogP contribution in [-0.4, -0.2) is 26.0 Å². The van der Waals surface area contributed by atoms with Crippen LogP contribution in [0, 0.1) is 17.8 Å². The number of fused-ring (bicyclic) bond motifs is 1. The highest BCUT2D eigenvalue weighted by Crippen LogP contribution is 2.55. The van der Waals surface area contributed by atoms with Crippen LogP contribution in [0.15, 0.2) is 36.5 Å². The number of halogens is 3. The van der Waals surface area contributed by atoms with E-state index in [1.165, 1.54) is 25.5 Å². The van der Waals surface area contributed by atoms with Crippen molar-refractivity contribution in [2.75, 3.05) is 0 Å². The summed E-state index contributed by atoms with van der Waals surface area (Å²) in [6, 6.07) is 8.36. The lowest BCUT2D eigenvalue weighted by atomic mass is 9.53. The minimum atomic E-state index is -4.65. The summed E-state index contributed by atoms with van der Waals surface area (Å²) in [6.07, 6.45) is 3.16. The van der Waals surface area contributed by atoms with Gasteiger partial charge in [0.15, 0.2) is 11.3 Å². The van der Waals surface area contributed by atoms with Crippen LogP contribution in [0.2, 0.25) is 0 Å². The van der Waals surface area contributed by atoms with E-state index in [9.17, 15) is 18.0 Å². The van der Waals surface area contributed by atoms with Gasteiger partial charge in [-0.2, -0.15) is 18.3 Å². The van der Waals surface area contributed by atoms with Gasteiger partial charge in [-0.25, -0.2) is 9.50 Å². The maximum atomic E-state index is 14.0. The molecule has 0 radical (unpaired) electrons. The normalized spacial score (nSPS) is 27.7. The Morgan fingerprint density at radius 1 is 1.06 bits per heavy atom. The lowest BCUT2D eigenvalue weighted by Gasteiger charge is -2.56. The van der Waals surface area contributed by atoms with E-state index < -0.39 is 11.9 Å². The van der Waals surface area contributed by atoms with Crippen LogP contribution < -0.4 is 5.32 Å². The van der Waals surface area contributed by atoms with Crippen LogP contribution in [0.3, 0.4) is 0 Å². The third kappa shape index (κ3) is 3.91. The number of alkyl halides is 3. The van der Waals surface area contributed by atoms with Crippen molar-refractivity contribution in [2.45, 2.75) is 70.0 Å². The molecule has 2 heterocycles. The monoisotopic (exact) mass is 482 g/mol. The molecule has 184 valence electrons. The maximum absolute atomic E-state index is 14.0. The van der Waals surface area contributed by atoms with Gasteiger partial charge in [-0.3, -0.25) is 4.79 Å². The van der Waals surface area contributed by atoms with Gasteiger partial charge in [-0.05, 0) is 73.8 Å². The molecule has 2 aromatic heterocycles. The number of hydrogen-bond acceptors (Lipinski definition) is 3. The molecule has 0 spiro atoms.